The van der Waals surface area contributed by atoms with Crippen molar-refractivity contribution in [3.05, 3.63) is 69.8 Å². The molecule has 9 atom stereocenters. The Morgan fingerprint density at radius 3 is 2.32 bits per heavy atom. The molecule has 7 aliphatic rings. The standard InChI is InChI=1S/C54H77IN6O12/c1-11-37-15-24-71-53(9,10)73-51-36(8)48(67)42-41(38(51)29-62)43-44(59-54(58-43)16-19-61(20-17-54)28-32(4)55)45(49(42)68)57-52(69)31(3)14-12-13-30(2)46(65)34(6)47(66)35(7)50(33(37)5)72-40(64)27-39(63)56-18-21-60-22-25-70-26-23-60/h12-15,24,29-30,32-35,37,46-47,50,59,65-67H,11,16-23,25-28H2,1-10H3,(H,56,63)(H,57,69)/b13-12+,24-15+,31-14-/t30-,32?,33+,34+,35+,37-,46-,47+,50+/m0/s1. The molecule has 4 bridgehead atoms. The number of carbonyl (C=O) groups excluding carboxylic acids is 5. The molecule has 19 heteroatoms. The smallest absolute Gasteiger partial charge is 0.315 e. The minimum absolute atomic E-state index is 0.0271. The maximum Gasteiger partial charge on any atom is 0.315 e. The molecule has 402 valence electrons. The molecule has 0 aromatic heterocycles. The fraction of sp³-hybridized carbons (Fsp3) is 0.630. The van der Waals surface area contributed by atoms with E-state index in [1.165, 1.54) is 13.2 Å². The Bertz CT molecular complexity index is 2380. The molecule has 2 amide bonds. The van der Waals surface area contributed by atoms with E-state index in [1.807, 2.05) is 13.8 Å². The van der Waals surface area contributed by atoms with E-state index in [1.54, 1.807) is 65.8 Å². The van der Waals surface area contributed by atoms with Gasteiger partial charge in [-0.15, -0.1) is 0 Å². The van der Waals surface area contributed by atoms with Gasteiger partial charge in [-0.05, 0) is 38.2 Å². The number of Topliss-reactive ketones (excluding diaryl/α,β-unsaturated/α-hetero) is 1. The minimum atomic E-state index is -1.49. The zero-order valence-electron chi connectivity index (χ0n) is 44.1. The quantitative estimate of drug-likeness (QED) is 0.0577. The second-order valence-electron chi connectivity index (χ2n) is 20.9. The van der Waals surface area contributed by atoms with Crippen LogP contribution in [0.15, 0.2) is 52.5 Å². The van der Waals surface area contributed by atoms with Crippen LogP contribution >= 0.6 is 22.6 Å². The van der Waals surface area contributed by atoms with E-state index < -0.39 is 89.2 Å². The number of aliphatic hydroxyl groups is 2. The number of hydrogen-bond donors (Lipinski definition) is 6. The first-order valence-electron chi connectivity index (χ1n) is 25.7. The lowest BCUT2D eigenvalue weighted by Gasteiger charge is -2.38. The molecule has 2 saturated heterocycles. The number of aldehydes is 1. The number of phenols is 1. The Kier molecular flexibility index (Phi) is 19.6. The number of esters is 1. The number of likely N-dealkylation sites (tertiary alicyclic amines) is 1. The average Bonchev–Trinajstić information content (AvgIpc) is 3.72. The number of halogens is 1. The topological polar surface area (TPSA) is 238 Å². The molecule has 1 aromatic carbocycles. The lowest BCUT2D eigenvalue weighted by Crippen LogP contribution is -2.51. The van der Waals surface area contributed by atoms with Crippen molar-refractivity contribution in [1.82, 2.24) is 25.8 Å². The number of morpholine rings is 1. The summed E-state index contributed by atoms with van der Waals surface area (Å²) in [5.74, 6) is -7.32. The Balaban J connectivity index is 1.37. The van der Waals surface area contributed by atoms with Crippen LogP contribution in [0.2, 0.25) is 0 Å². The lowest BCUT2D eigenvalue weighted by atomic mass is 9.76. The highest BCUT2D eigenvalue weighted by molar-refractivity contribution is 14.1. The Hall–Kier alpha value is -4.67. The Morgan fingerprint density at radius 2 is 1.67 bits per heavy atom. The van der Waals surface area contributed by atoms with Gasteiger partial charge in [-0.25, -0.2) is 0 Å². The van der Waals surface area contributed by atoms with E-state index in [0.717, 1.165) is 19.6 Å². The molecule has 8 rings (SSSR count). The van der Waals surface area contributed by atoms with E-state index in [0.29, 0.717) is 68.9 Å². The second-order valence-corrected chi connectivity index (χ2v) is 23.1. The van der Waals surface area contributed by atoms with Crippen molar-refractivity contribution in [3.63, 3.8) is 0 Å². The fourth-order valence-corrected chi connectivity index (χ4v) is 11.0. The van der Waals surface area contributed by atoms with Crippen LogP contribution < -0.4 is 20.7 Å². The van der Waals surface area contributed by atoms with Gasteiger partial charge in [-0.3, -0.25) is 33.9 Å². The van der Waals surface area contributed by atoms with Crippen molar-refractivity contribution in [3.8, 4) is 11.5 Å². The van der Waals surface area contributed by atoms with Gasteiger partial charge in [0.2, 0.25) is 17.5 Å². The number of carbonyl (C=O) groups is 5. The molecule has 1 unspecified atom stereocenters. The van der Waals surface area contributed by atoms with E-state index >= 15 is 0 Å². The first-order chi connectivity index (χ1) is 34.5. The highest BCUT2D eigenvalue weighted by atomic mass is 127. The second kappa shape index (κ2) is 24.8. The molecule has 1 spiro atoms. The third-order valence-corrected chi connectivity index (χ3v) is 15.4. The number of aromatic hydroxyl groups is 1. The van der Waals surface area contributed by atoms with E-state index in [4.69, 9.17) is 23.9 Å². The number of nitrogens with one attached hydrogen (secondary N) is 3. The number of benzene rings is 1. The van der Waals surface area contributed by atoms with Crippen molar-refractivity contribution >= 4 is 58.2 Å². The van der Waals surface area contributed by atoms with E-state index in [2.05, 4.69) is 55.3 Å². The van der Waals surface area contributed by atoms with Crippen LogP contribution in [0, 0.1) is 36.5 Å². The van der Waals surface area contributed by atoms with Crippen molar-refractivity contribution in [1.29, 1.82) is 0 Å². The first-order valence-corrected chi connectivity index (χ1v) is 27.0. The number of piperidine rings is 1. The van der Waals surface area contributed by atoms with Gasteiger partial charge in [0, 0.05) is 111 Å². The number of nitrogens with zero attached hydrogens (tertiary/aromatic N) is 3. The molecule has 2 fully saturated rings. The Morgan fingerprint density at radius 1 is 0.986 bits per heavy atom. The van der Waals surface area contributed by atoms with E-state index in [-0.39, 0.29) is 56.6 Å². The Labute approximate surface area is 443 Å². The van der Waals surface area contributed by atoms with Crippen molar-refractivity contribution in [2.75, 3.05) is 59.0 Å². The zero-order valence-corrected chi connectivity index (χ0v) is 46.2. The van der Waals surface area contributed by atoms with Crippen LogP contribution in [-0.2, 0) is 28.6 Å². The number of hydrogen-bond acceptors (Lipinski definition) is 16. The van der Waals surface area contributed by atoms with Gasteiger partial charge in [-0.2, -0.15) is 0 Å². The number of aliphatic imine (C=N–C) groups is 1. The number of ether oxygens (including phenoxy) is 4. The average molecular weight is 1130 g/mol. The number of ketones is 1. The maximum atomic E-state index is 14.8. The molecular weight excluding hydrogens is 1050 g/mol. The molecule has 6 heterocycles. The predicted octanol–water partition coefficient (Wildman–Crippen LogP) is 5.25. The van der Waals surface area contributed by atoms with Gasteiger partial charge in [-0.1, -0.05) is 82.4 Å². The summed E-state index contributed by atoms with van der Waals surface area (Å²) in [7, 11) is 0. The third-order valence-electron chi connectivity index (χ3n) is 15.0. The number of alkyl halides is 1. The monoisotopic (exact) mass is 1130 g/mol. The van der Waals surface area contributed by atoms with Crippen LogP contribution in [0.1, 0.15) is 120 Å². The predicted molar refractivity (Wildman–Crippen MR) is 284 cm³/mol. The number of amides is 2. The normalized spacial score (nSPS) is 30.2. The highest BCUT2D eigenvalue weighted by Crippen LogP contribution is 2.46. The van der Waals surface area contributed by atoms with Crippen LogP contribution in [-0.4, -0.2) is 153 Å². The van der Waals surface area contributed by atoms with Gasteiger partial charge in [0.25, 0.3) is 5.91 Å². The molecular formula is C54H77IN6O12. The minimum Gasteiger partial charge on any atom is -0.507 e. The van der Waals surface area contributed by atoms with Gasteiger partial charge in [0.1, 0.15) is 35.4 Å². The molecule has 6 aliphatic heterocycles. The third kappa shape index (κ3) is 13.6. The molecule has 0 radical (unpaired) electrons. The molecule has 0 saturated carbocycles. The van der Waals surface area contributed by atoms with Gasteiger partial charge < -0.3 is 55.1 Å². The zero-order chi connectivity index (χ0) is 53.5. The fourth-order valence-electron chi connectivity index (χ4n) is 10.5. The lowest BCUT2D eigenvalue weighted by molar-refractivity contribution is -0.162. The molecule has 18 nitrogen and oxygen atoms in total. The molecule has 73 heavy (non-hydrogen) atoms. The summed E-state index contributed by atoms with van der Waals surface area (Å²) >= 11 is 2.40. The number of aliphatic hydroxyl groups excluding tert-OH is 2. The number of phenolic OH excluding ortho intramolecular Hbond substituents is 1. The summed E-state index contributed by atoms with van der Waals surface area (Å²) in [6.45, 7) is 23.6. The summed E-state index contributed by atoms with van der Waals surface area (Å²) < 4.78 is 24.7. The molecule has 1 aromatic rings. The molecule has 1 aliphatic carbocycles. The van der Waals surface area contributed by atoms with Gasteiger partial charge in [0.15, 0.2) is 6.29 Å². The van der Waals surface area contributed by atoms with Crippen LogP contribution in [0.4, 0.5) is 0 Å². The van der Waals surface area contributed by atoms with Crippen molar-refractivity contribution in [2.24, 2.45) is 34.6 Å². The largest absolute Gasteiger partial charge is 0.507 e. The number of allylic oxidation sites excluding steroid dienone is 5. The van der Waals surface area contributed by atoms with Crippen molar-refractivity contribution in [2.45, 2.75) is 129 Å². The van der Waals surface area contributed by atoms with E-state index in [9.17, 15) is 39.3 Å². The summed E-state index contributed by atoms with van der Waals surface area (Å²) in [6, 6.07) is 0. The molecule has 6 N–H and O–H groups in total. The van der Waals surface area contributed by atoms with Gasteiger partial charge in [0.05, 0.1) is 54.2 Å². The summed E-state index contributed by atoms with van der Waals surface area (Å²) in [6.07, 6.45) is 6.65. The van der Waals surface area contributed by atoms with Crippen LogP contribution in [0.3, 0.4) is 0 Å². The summed E-state index contributed by atoms with van der Waals surface area (Å²) in [5.41, 5.74) is -0.374. The summed E-state index contributed by atoms with van der Waals surface area (Å²) in [4.78, 5) is 78.6. The maximum absolute atomic E-state index is 14.8. The number of rotatable bonds is 10. The summed E-state index contributed by atoms with van der Waals surface area (Å²) in [5, 5.41) is 44.7. The van der Waals surface area contributed by atoms with Crippen LogP contribution in [0.25, 0.3) is 0 Å². The SMILES string of the molecule is CC[C@H]1/C=C/OC(C)(C)Oc2c(C)c(O)c3c(c2C=O)C2=NC4(CCN(CC(C)I)CC4)NC2=C(NC(=O)/C(C)=C\C=C\[C@H](C)[C@H](O)[C@@H](C)[C@@H](O)[C@@H](C)[C@H](OC(=O)CC(=O)NCCN2CCOCC2)[C@@H]1C)C3=O. The van der Waals surface area contributed by atoms with Crippen LogP contribution in [0.5, 0.6) is 11.5 Å². The number of fused-ring (bicyclic) bond motifs is 1. The highest BCUT2D eigenvalue weighted by Gasteiger charge is 2.48. The first kappa shape index (κ1) is 57.6. The van der Waals surface area contributed by atoms with Gasteiger partial charge >= 0.3 is 5.97 Å². The van der Waals surface area contributed by atoms with Crippen molar-refractivity contribution < 1.29 is 58.2 Å².